The second-order valence-corrected chi connectivity index (χ2v) is 7.29. The van der Waals surface area contributed by atoms with Crippen molar-refractivity contribution in [3.8, 4) is 0 Å². The van der Waals surface area contributed by atoms with E-state index in [2.05, 4.69) is 6.92 Å². The maximum atomic E-state index is 9.77. The lowest BCUT2D eigenvalue weighted by atomic mass is 10.00. The van der Waals surface area contributed by atoms with Gasteiger partial charge in [0, 0.05) is 0 Å². The van der Waals surface area contributed by atoms with E-state index in [9.17, 15) is 10.2 Å². The summed E-state index contributed by atoms with van der Waals surface area (Å²) < 4.78 is 0. The summed E-state index contributed by atoms with van der Waals surface area (Å²) in [6.45, 7) is 1.97. The van der Waals surface area contributed by atoms with E-state index in [0.717, 1.165) is 12.8 Å². The summed E-state index contributed by atoms with van der Waals surface area (Å²) in [5, 5.41) is 28.3. The molecule has 0 aliphatic rings. The Morgan fingerprint density at radius 2 is 1.04 bits per heavy atom. The van der Waals surface area contributed by atoms with Gasteiger partial charge >= 0.3 is 0 Å². The summed E-state index contributed by atoms with van der Waals surface area (Å²) in [5.74, 6) is 0. The fraction of sp³-hybridized carbons (Fsp3) is 1.00. The Hall–Kier alpha value is -0.160. The van der Waals surface area contributed by atoms with Gasteiger partial charge in [0.1, 0.15) is 0 Å². The van der Waals surface area contributed by atoms with Gasteiger partial charge in [0.25, 0.3) is 0 Å². The zero-order chi connectivity index (χ0) is 18.0. The lowest BCUT2D eigenvalue weighted by molar-refractivity contribution is -0.0121. The molecule has 0 aromatic heterocycles. The third-order valence-corrected chi connectivity index (χ3v) is 4.90. The molecule has 0 saturated carbocycles. The topological polar surface area (TPSA) is 86.7 Å². The summed E-state index contributed by atoms with van der Waals surface area (Å²) in [5.41, 5.74) is 5.51. The molecule has 0 amide bonds. The first-order valence-electron chi connectivity index (χ1n) is 10.4. The van der Waals surface area contributed by atoms with Crippen LogP contribution >= 0.6 is 0 Å². The molecule has 0 aliphatic carbocycles. The van der Waals surface area contributed by atoms with E-state index in [1.165, 1.54) is 77.0 Å². The van der Waals surface area contributed by atoms with Crippen LogP contribution in [0.15, 0.2) is 0 Å². The zero-order valence-corrected chi connectivity index (χ0v) is 16.0. The van der Waals surface area contributed by atoms with Crippen molar-refractivity contribution in [3.05, 3.63) is 0 Å². The van der Waals surface area contributed by atoms with Crippen molar-refractivity contribution in [3.63, 3.8) is 0 Å². The van der Waals surface area contributed by atoms with Gasteiger partial charge in [-0.3, -0.25) is 0 Å². The first-order valence-corrected chi connectivity index (χ1v) is 10.4. The van der Waals surface area contributed by atoms with Gasteiger partial charge in [-0.2, -0.15) is 0 Å². The molecule has 0 aromatic rings. The van der Waals surface area contributed by atoms with Crippen molar-refractivity contribution in [2.24, 2.45) is 5.73 Å². The van der Waals surface area contributed by atoms with Crippen LogP contribution in [0, 0.1) is 0 Å². The van der Waals surface area contributed by atoms with E-state index >= 15 is 0 Å². The van der Waals surface area contributed by atoms with Gasteiger partial charge in [0.2, 0.25) is 0 Å². The van der Waals surface area contributed by atoms with Gasteiger partial charge in [0.05, 0.1) is 24.9 Å². The molecule has 0 spiro atoms. The fourth-order valence-corrected chi connectivity index (χ4v) is 3.11. The summed E-state index contributed by atoms with van der Waals surface area (Å²) in [7, 11) is 0. The molecular formula is C20H43NO3. The van der Waals surface area contributed by atoms with Crippen LogP contribution < -0.4 is 5.73 Å². The van der Waals surface area contributed by atoms with Gasteiger partial charge in [-0.25, -0.2) is 0 Å². The Morgan fingerprint density at radius 1 is 0.667 bits per heavy atom. The Kier molecular flexibility index (Phi) is 17.5. The van der Waals surface area contributed by atoms with Crippen LogP contribution in [0.2, 0.25) is 0 Å². The summed E-state index contributed by atoms with van der Waals surface area (Å²) >= 11 is 0. The average molecular weight is 346 g/mol. The molecule has 0 bridgehead atoms. The van der Waals surface area contributed by atoms with Crippen molar-refractivity contribution in [1.82, 2.24) is 0 Å². The molecular weight excluding hydrogens is 302 g/mol. The zero-order valence-electron chi connectivity index (χ0n) is 16.0. The molecule has 4 nitrogen and oxygen atoms in total. The quantitative estimate of drug-likeness (QED) is 0.284. The number of hydrogen-bond donors (Lipinski definition) is 4. The smallest absolute Gasteiger partial charge is 0.0971 e. The molecule has 0 aliphatic heterocycles. The Labute approximate surface area is 149 Å². The predicted octanol–water partition coefficient (Wildman–Crippen LogP) is 3.90. The first-order chi connectivity index (χ1) is 11.6. The molecule has 146 valence electrons. The Balaban J connectivity index is 3.23. The minimum Gasteiger partial charge on any atom is -0.395 e. The molecule has 0 saturated heterocycles. The number of unbranched alkanes of at least 4 members (excludes halogenated alkanes) is 13. The van der Waals surface area contributed by atoms with Crippen molar-refractivity contribution < 1.29 is 15.3 Å². The molecule has 3 unspecified atom stereocenters. The SMILES string of the molecule is CCCCCCCCCCCCCCCCC(O)C(O)C(N)CO. The fourth-order valence-electron chi connectivity index (χ4n) is 3.11. The molecule has 0 aromatic carbocycles. The number of rotatable bonds is 18. The van der Waals surface area contributed by atoms with Crippen LogP contribution in [0.1, 0.15) is 103 Å². The van der Waals surface area contributed by atoms with Gasteiger partial charge in [0.15, 0.2) is 0 Å². The molecule has 3 atom stereocenters. The van der Waals surface area contributed by atoms with Crippen LogP contribution in [-0.4, -0.2) is 40.2 Å². The van der Waals surface area contributed by atoms with E-state index in [1.807, 2.05) is 0 Å². The van der Waals surface area contributed by atoms with Crippen molar-refractivity contribution in [2.45, 2.75) is 121 Å². The van der Waals surface area contributed by atoms with E-state index in [4.69, 9.17) is 10.8 Å². The van der Waals surface area contributed by atoms with Gasteiger partial charge in [-0.15, -0.1) is 0 Å². The highest BCUT2D eigenvalue weighted by Gasteiger charge is 2.22. The van der Waals surface area contributed by atoms with Crippen LogP contribution in [0.5, 0.6) is 0 Å². The van der Waals surface area contributed by atoms with Crippen LogP contribution in [0.4, 0.5) is 0 Å². The van der Waals surface area contributed by atoms with Crippen molar-refractivity contribution in [1.29, 1.82) is 0 Å². The third kappa shape index (κ3) is 14.2. The normalized spacial score (nSPS) is 15.4. The van der Waals surface area contributed by atoms with Crippen LogP contribution in [0.3, 0.4) is 0 Å². The highest BCUT2D eigenvalue weighted by atomic mass is 16.3. The summed E-state index contributed by atoms with van der Waals surface area (Å²) in [6, 6.07) is -0.744. The molecule has 5 N–H and O–H groups in total. The maximum absolute atomic E-state index is 9.77. The van der Waals surface area contributed by atoms with Crippen LogP contribution in [-0.2, 0) is 0 Å². The molecule has 4 heteroatoms. The third-order valence-electron chi connectivity index (χ3n) is 4.90. The lowest BCUT2D eigenvalue weighted by Crippen LogP contribution is -2.45. The second-order valence-electron chi connectivity index (χ2n) is 7.29. The highest BCUT2D eigenvalue weighted by molar-refractivity contribution is 4.77. The number of hydrogen-bond acceptors (Lipinski definition) is 4. The van der Waals surface area contributed by atoms with Crippen LogP contribution in [0.25, 0.3) is 0 Å². The van der Waals surface area contributed by atoms with Crippen molar-refractivity contribution in [2.75, 3.05) is 6.61 Å². The summed E-state index contributed by atoms with van der Waals surface area (Å²) in [4.78, 5) is 0. The highest BCUT2D eigenvalue weighted by Crippen LogP contribution is 2.14. The maximum Gasteiger partial charge on any atom is 0.0971 e. The van der Waals surface area contributed by atoms with E-state index in [-0.39, 0.29) is 6.61 Å². The second kappa shape index (κ2) is 17.7. The Morgan fingerprint density at radius 3 is 1.42 bits per heavy atom. The van der Waals surface area contributed by atoms with E-state index < -0.39 is 18.2 Å². The van der Waals surface area contributed by atoms with Gasteiger partial charge < -0.3 is 21.1 Å². The van der Waals surface area contributed by atoms with Crippen molar-refractivity contribution >= 4 is 0 Å². The van der Waals surface area contributed by atoms with E-state index in [1.54, 1.807) is 0 Å². The number of aliphatic hydroxyl groups is 3. The lowest BCUT2D eigenvalue weighted by Gasteiger charge is -2.22. The number of nitrogens with two attached hydrogens (primary N) is 1. The summed E-state index contributed by atoms with van der Waals surface area (Å²) in [6.07, 6.45) is 17.0. The minimum atomic E-state index is -1.02. The van der Waals surface area contributed by atoms with Gasteiger partial charge in [-0.05, 0) is 6.42 Å². The standard InChI is InChI=1S/C20H43NO3/c1-2-3-4-5-6-7-8-9-10-11-12-13-14-15-16-19(23)20(24)18(21)17-22/h18-20,22-24H,2-17,21H2,1H3. The molecule has 0 rings (SSSR count). The molecule has 0 heterocycles. The minimum absolute atomic E-state index is 0.295. The predicted molar refractivity (Wildman–Crippen MR) is 102 cm³/mol. The largest absolute Gasteiger partial charge is 0.395 e. The first kappa shape index (κ1) is 23.8. The molecule has 0 radical (unpaired) electrons. The Bertz CT molecular complexity index is 251. The molecule has 0 fully saturated rings. The monoisotopic (exact) mass is 345 g/mol. The molecule has 24 heavy (non-hydrogen) atoms. The average Bonchev–Trinajstić information content (AvgIpc) is 2.60. The van der Waals surface area contributed by atoms with Gasteiger partial charge in [-0.1, -0.05) is 96.8 Å². The van der Waals surface area contributed by atoms with E-state index in [0.29, 0.717) is 6.42 Å². The number of aliphatic hydroxyl groups excluding tert-OH is 3.